The zero-order chi connectivity index (χ0) is 9.97. The van der Waals surface area contributed by atoms with Gasteiger partial charge in [-0.3, -0.25) is 0 Å². The van der Waals surface area contributed by atoms with Crippen molar-refractivity contribution >= 4 is 22.1 Å². The van der Waals surface area contributed by atoms with Crippen LogP contribution in [0.4, 0.5) is 4.79 Å². The van der Waals surface area contributed by atoms with Crippen molar-refractivity contribution in [3.05, 3.63) is 35.9 Å². The molecule has 0 aliphatic carbocycles. The van der Waals surface area contributed by atoms with Gasteiger partial charge in [0.25, 0.3) is 0 Å². The van der Waals surface area contributed by atoms with E-state index in [4.69, 9.17) is 9.47 Å². The van der Waals surface area contributed by atoms with Crippen molar-refractivity contribution < 1.29 is 14.3 Å². The van der Waals surface area contributed by atoms with Crippen LogP contribution in [0.15, 0.2) is 30.3 Å². The minimum Gasteiger partial charge on any atom is -0.426 e. The predicted molar refractivity (Wildman–Crippen MR) is 54.3 cm³/mol. The highest BCUT2D eigenvalue weighted by Crippen LogP contribution is 2.30. The first-order valence-corrected chi connectivity index (χ1v) is 5.41. The summed E-state index contributed by atoms with van der Waals surface area (Å²) in [6.07, 6.45) is -1.11. The van der Waals surface area contributed by atoms with Crippen molar-refractivity contribution in [3.8, 4) is 0 Å². The summed E-state index contributed by atoms with van der Waals surface area (Å²) in [5, 5.41) is 0.582. The largest absolute Gasteiger partial charge is 0.509 e. The minimum absolute atomic E-state index is 0.232. The van der Waals surface area contributed by atoms with Crippen molar-refractivity contribution in [2.24, 2.45) is 0 Å². The van der Waals surface area contributed by atoms with Crippen LogP contribution in [0.5, 0.6) is 0 Å². The first kappa shape index (κ1) is 9.52. The van der Waals surface area contributed by atoms with E-state index in [1.54, 1.807) is 0 Å². The number of halogens is 1. The second-order valence-electron chi connectivity index (χ2n) is 3.01. The third-order valence-electron chi connectivity index (χ3n) is 2.09. The molecule has 0 N–H and O–H groups in total. The summed E-state index contributed by atoms with van der Waals surface area (Å²) in [5.41, 5.74) is 0.961. The van der Waals surface area contributed by atoms with Crippen LogP contribution in [-0.2, 0) is 9.47 Å². The highest BCUT2D eigenvalue weighted by atomic mass is 79.9. The van der Waals surface area contributed by atoms with Gasteiger partial charge in [0.2, 0.25) is 0 Å². The molecule has 0 radical (unpaired) electrons. The second kappa shape index (κ2) is 4.00. The summed E-state index contributed by atoms with van der Waals surface area (Å²) in [7, 11) is 0. The Labute approximate surface area is 90.1 Å². The molecule has 1 aromatic rings. The average molecular weight is 257 g/mol. The van der Waals surface area contributed by atoms with Crippen LogP contribution in [0.25, 0.3) is 0 Å². The van der Waals surface area contributed by atoms with E-state index in [0.29, 0.717) is 5.33 Å². The molecule has 4 heteroatoms. The molecule has 0 bridgehead atoms. The van der Waals surface area contributed by atoms with Gasteiger partial charge in [-0.25, -0.2) is 4.79 Å². The Bertz CT molecular complexity index is 325. The number of carbonyl (C=O) groups is 1. The van der Waals surface area contributed by atoms with Crippen molar-refractivity contribution in [1.82, 2.24) is 0 Å². The molecule has 1 saturated heterocycles. The maximum Gasteiger partial charge on any atom is 0.509 e. The van der Waals surface area contributed by atoms with Gasteiger partial charge in [-0.05, 0) is 5.56 Å². The van der Waals surface area contributed by atoms with E-state index < -0.39 is 6.16 Å². The van der Waals surface area contributed by atoms with Crippen LogP contribution < -0.4 is 0 Å². The van der Waals surface area contributed by atoms with Gasteiger partial charge in [0.05, 0.1) is 0 Å². The molecule has 0 saturated carbocycles. The van der Waals surface area contributed by atoms with Crippen molar-refractivity contribution in [2.75, 3.05) is 5.33 Å². The van der Waals surface area contributed by atoms with E-state index in [2.05, 4.69) is 15.9 Å². The normalized spacial score (nSPS) is 25.6. The van der Waals surface area contributed by atoms with Crippen molar-refractivity contribution in [3.63, 3.8) is 0 Å². The molecule has 3 nitrogen and oxygen atoms in total. The van der Waals surface area contributed by atoms with Gasteiger partial charge in [-0.2, -0.15) is 0 Å². The zero-order valence-corrected chi connectivity index (χ0v) is 8.94. The smallest absolute Gasteiger partial charge is 0.426 e. The molecule has 0 amide bonds. The van der Waals surface area contributed by atoms with E-state index in [0.717, 1.165) is 5.56 Å². The molecule has 74 valence electrons. The molecule has 1 aliphatic heterocycles. The highest BCUT2D eigenvalue weighted by Gasteiger charge is 2.36. The molecule has 0 aromatic heterocycles. The van der Waals surface area contributed by atoms with Gasteiger partial charge in [0.15, 0.2) is 12.2 Å². The van der Waals surface area contributed by atoms with E-state index >= 15 is 0 Å². The Morgan fingerprint density at radius 1 is 1.21 bits per heavy atom. The maximum absolute atomic E-state index is 10.9. The number of benzene rings is 1. The standard InChI is InChI=1S/C10H9BrO3/c11-6-8-9(14-10(12)13-8)7-4-2-1-3-5-7/h1-5,8-9H,6H2. The maximum atomic E-state index is 10.9. The van der Waals surface area contributed by atoms with Crippen LogP contribution in [0, 0.1) is 0 Å². The van der Waals surface area contributed by atoms with Crippen LogP contribution >= 0.6 is 15.9 Å². The van der Waals surface area contributed by atoms with Gasteiger partial charge in [-0.1, -0.05) is 46.3 Å². The van der Waals surface area contributed by atoms with E-state index in [-0.39, 0.29) is 12.2 Å². The molecule has 2 rings (SSSR count). The summed E-state index contributed by atoms with van der Waals surface area (Å²) in [4.78, 5) is 10.9. The molecule has 1 aliphatic rings. The Hall–Kier alpha value is -1.03. The number of cyclic esters (lactones) is 2. The lowest BCUT2D eigenvalue weighted by atomic mass is 10.1. The molecule has 1 aromatic carbocycles. The Morgan fingerprint density at radius 3 is 2.57 bits per heavy atom. The fourth-order valence-electron chi connectivity index (χ4n) is 1.43. The Kier molecular flexibility index (Phi) is 2.72. The minimum atomic E-state index is -0.594. The SMILES string of the molecule is O=C1OC(CBr)C(c2ccccc2)O1. The number of alkyl halides is 1. The number of hydrogen-bond donors (Lipinski definition) is 0. The first-order valence-electron chi connectivity index (χ1n) is 4.29. The van der Waals surface area contributed by atoms with Crippen molar-refractivity contribution in [2.45, 2.75) is 12.2 Å². The third kappa shape index (κ3) is 1.75. The molecule has 1 fully saturated rings. The molecule has 1 heterocycles. The molecule has 2 atom stereocenters. The molecular formula is C10H9BrO3. The van der Waals surface area contributed by atoms with E-state index in [9.17, 15) is 4.79 Å². The quantitative estimate of drug-likeness (QED) is 0.603. The first-order chi connectivity index (χ1) is 6.81. The zero-order valence-electron chi connectivity index (χ0n) is 7.35. The monoisotopic (exact) mass is 256 g/mol. The van der Waals surface area contributed by atoms with Gasteiger partial charge < -0.3 is 9.47 Å². The highest BCUT2D eigenvalue weighted by molar-refractivity contribution is 9.09. The topological polar surface area (TPSA) is 35.5 Å². The summed E-state index contributed by atoms with van der Waals surface area (Å²) < 4.78 is 10.0. The summed E-state index contributed by atoms with van der Waals surface area (Å²) >= 11 is 3.28. The van der Waals surface area contributed by atoms with Gasteiger partial charge in [0.1, 0.15) is 0 Å². The van der Waals surface area contributed by atoms with Gasteiger partial charge in [-0.15, -0.1) is 0 Å². The lowest BCUT2D eigenvalue weighted by molar-refractivity contribution is 0.117. The van der Waals surface area contributed by atoms with E-state index in [1.807, 2.05) is 30.3 Å². The fourth-order valence-corrected chi connectivity index (χ4v) is 1.90. The predicted octanol–water partition coefficient (Wildman–Crippen LogP) is 2.66. The Balaban J connectivity index is 2.22. The number of rotatable bonds is 2. The lowest BCUT2D eigenvalue weighted by Gasteiger charge is -2.12. The molecular weight excluding hydrogens is 248 g/mol. The van der Waals surface area contributed by atoms with Gasteiger partial charge in [0, 0.05) is 5.33 Å². The molecule has 14 heavy (non-hydrogen) atoms. The third-order valence-corrected chi connectivity index (χ3v) is 2.73. The van der Waals surface area contributed by atoms with Crippen molar-refractivity contribution in [1.29, 1.82) is 0 Å². The van der Waals surface area contributed by atoms with Crippen LogP contribution in [0.2, 0.25) is 0 Å². The van der Waals surface area contributed by atoms with Crippen LogP contribution in [0.1, 0.15) is 11.7 Å². The van der Waals surface area contributed by atoms with Crippen LogP contribution in [0.3, 0.4) is 0 Å². The van der Waals surface area contributed by atoms with Crippen LogP contribution in [-0.4, -0.2) is 17.6 Å². The molecule has 2 unspecified atom stereocenters. The summed E-state index contributed by atoms with van der Waals surface area (Å²) in [6, 6.07) is 9.58. The number of carbonyl (C=O) groups excluding carboxylic acids is 1. The molecule has 0 spiro atoms. The number of hydrogen-bond acceptors (Lipinski definition) is 3. The van der Waals surface area contributed by atoms with E-state index in [1.165, 1.54) is 0 Å². The average Bonchev–Trinajstić information content (AvgIpc) is 2.61. The fraction of sp³-hybridized carbons (Fsp3) is 0.300. The summed E-state index contributed by atoms with van der Waals surface area (Å²) in [6.45, 7) is 0. The lowest BCUT2D eigenvalue weighted by Crippen LogP contribution is -2.16. The second-order valence-corrected chi connectivity index (χ2v) is 3.66. The summed E-state index contributed by atoms with van der Waals surface area (Å²) in [5.74, 6) is 0. The van der Waals surface area contributed by atoms with Gasteiger partial charge >= 0.3 is 6.16 Å². The Morgan fingerprint density at radius 2 is 1.93 bits per heavy atom. The number of ether oxygens (including phenoxy) is 2.